The largest absolute Gasteiger partial charge is 0.364 e. The number of aromatic amines is 1. The molecule has 0 atom stereocenters. The van der Waals surface area contributed by atoms with Gasteiger partial charge in [0.1, 0.15) is 11.3 Å². The number of fused-ring (bicyclic) bond motifs is 1. The average Bonchev–Trinajstić information content (AvgIpc) is 2.59. The molecule has 1 amide bonds. The highest BCUT2D eigenvalue weighted by atomic mass is 32.2. The minimum atomic E-state index is -0.492. The number of nitrogens with two attached hydrogens (primary N) is 1. The SMILES string of the molecule is CSc1ncc2cc(C(N)=O)[nH]c2n1. The first kappa shape index (κ1) is 9.01. The predicted molar refractivity (Wildman–Crippen MR) is 54.2 cm³/mol. The van der Waals surface area contributed by atoms with Gasteiger partial charge >= 0.3 is 0 Å². The minimum absolute atomic E-state index is 0.354. The van der Waals surface area contributed by atoms with Gasteiger partial charge in [0.05, 0.1) is 0 Å². The molecule has 0 radical (unpaired) electrons. The number of carbonyl (C=O) groups excluding carboxylic acids is 1. The van der Waals surface area contributed by atoms with Gasteiger partial charge < -0.3 is 10.7 Å². The highest BCUT2D eigenvalue weighted by molar-refractivity contribution is 7.98. The van der Waals surface area contributed by atoms with Crippen molar-refractivity contribution < 1.29 is 4.79 Å². The molecule has 0 aliphatic carbocycles. The van der Waals surface area contributed by atoms with Crippen LogP contribution in [0.4, 0.5) is 0 Å². The zero-order chi connectivity index (χ0) is 10.1. The van der Waals surface area contributed by atoms with Crippen molar-refractivity contribution in [2.75, 3.05) is 6.26 Å². The zero-order valence-corrected chi connectivity index (χ0v) is 8.26. The number of amides is 1. The van der Waals surface area contributed by atoms with Crippen molar-refractivity contribution in [1.29, 1.82) is 0 Å². The maximum absolute atomic E-state index is 10.9. The van der Waals surface area contributed by atoms with E-state index in [1.54, 1.807) is 12.3 Å². The van der Waals surface area contributed by atoms with E-state index >= 15 is 0 Å². The highest BCUT2D eigenvalue weighted by Gasteiger charge is 2.07. The third kappa shape index (κ3) is 1.44. The van der Waals surface area contributed by atoms with Gasteiger partial charge in [-0.2, -0.15) is 0 Å². The van der Waals surface area contributed by atoms with Crippen LogP contribution < -0.4 is 5.73 Å². The van der Waals surface area contributed by atoms with E-state index in [2.05, 4.69) is 15.0 Å². The molecular weight excluding hydrogens is 200 g/mol. The van der Waals surface area contributed by atoms with Crippen LogP contribution in [0.25, 0.3) is 11.0 Å². The number of H-pyrrole nitrogens is 1. The number of hydrogen-bond acceptors (Lipinski definition) is 4. The van der Waals surface area contributed by atoms with Gasteiger partial charge in [-0.3, -0.25) is 4.79 Å². The Kier molecular flexibility index (Phi) is 2.12. The Hall–Kier alpha value is -1.56. The summed E-state index contributed by atoms with van der Waals surface area (Å²) in [4.78, 5) is 22.0. The van der Waals surface area contributed by atoms with Crippen LogP contribution in [0.15, 0.2) is 17.4 Å². The standard InChI is InChI=1S/C8H8N4OS/c1-14-8-10-3-4-2-5(6(9)13)11-7(4)12-8/h2-3H,1H3,(H2,9,13)(H,10,11,12). The third-order valence-corrected chi connectivity index (χ3v) is 2.36. The summed E-state index contributed by atoms with van der Waals surface area (Å²) in [5.74, 6) is -0.492. The van der Waals surface area contributed by atoms with E-state index in [1.807, 2.05) is 6.26 Å². The Morgan fingerprint density at radius 1 is 1.64 bits per heavy atom. The van der Waals surface area contributed by atoms with Crippen LogP contribution in [0.3, 0.4) is 0 Å². The molecule has 2 aromatic heterocycles. The van der Waals surface area contributed by atoms with E-state index in [1.165, 1.54) is 11.8 Å². The monoisotopic (exact) mass is 208 g/mol. The van der Waals surface area contributed by atoms with Crippen molar-refractivity contribution in [3.05, 3.63) is 18.0 Å². The van der Waals surface area contributed by atoms with E-state index in [0.29, 0.717) is 16.5 Å². The minimum Gasteiger partial charge on any atom is -0.364 e. The van der Waals surface area contributed by atoms with Crippen molar-refractivity contribution in [3.8, 4) is 0 Å². The lowest BCUT2D eigenvalue weighted by atomic mass is 10.3. The second-order valence-corrected chi connectivity index (χ2v) is 3.48. The topological polar surface area (TPSA) is 84.7 Å². The molecular formula is C8H8N4OS. The molecule has 0 fully saturated rings. The zero-order valence-electron chi connectivity index (χ0n) is 7.44. The second-order valence-electron chi connectivity index (χ2n) is 2.71. The van der Waals surface area contributed by atoms with Gasteiger partial charge in [-0.15, -0.1) is 0 Å². The molecule has 0 bridgehead atoms. The van der Waals surface area contributed by atoms with Crippen molar-refractivity contribution in [1.82, 2.24) is 15.0 Å². The molecule has 2 aromatic rings. The summed E-state index contributed by atoms with van der Waals surface area (Å²) in [6.07, 6.45) is 3.55. The fraction of sp³-hybridized carbons (Fsp3) is 0.125. The van der Waals surface area contributed by atoms with Crippen LogP contribution in [0, 0.1) is 0 Å². The third-order valence-electron chi connectivity index (χ3n) is 1.80. The summed E-state index contributed by atoms with van der Waals surface area (Å²) >= 11 is 1.44. The quantitative estimate of drug-likeness (QED) is 0.564. The molecule has 2 heterocycles. The first-order valence-electron chi connectivity index (χ1n) is 3.90. The summed E-state index contributed by atoms with van der Waals surface area (Å²) in [7, 11) is 0. The summed E-state index contributed by atoms with van der Waals surface area (Å²) < 4.78 is 0. The summed E-state index contributed by atoms with van der Waals surface area (Å²) in [6.45, 7) is 0. The Balaban J connectivity index is 2.60. The van der Waals surface area contributed by atoms with Crippen LogP contribution in [0.1, 0.15) is 10.5 Å². The van der Waals surface area contributed by atoms with Crippen LogP contribution in [0.2, 0.25) is 0 Å². The molecule has 3 N–H and O–H groups in total. The molecule has 6 heteroatoms. The number of hydrogen-bond donors (Lipinski definition) is 2. The van der Waals surface area contributed by atoms with E-state index in [-0.39, 0.29) is 0 Å². The normalized spacial score (nSPS) is 10.6. The molecule has 0 saturated heterocycles. The van der Waals surface area contributed by atoms with Crippen LogP contribution >= 0.6 is 11.8 Å². The Bertz CT molecular complexity index is 493. The molecule has 0 saturated carbocycles. The number of thioether (sulfide) groups is 1. The molecule has 2 rings (SSSR count). The van der Waals surface area contributed by atoms with E-state index in [9.17, 15) is 4.79 Å². The molecule has 5 nitrogen and oxygen atoms in total. The smallest absolute Gasteiger partial charge is 0.265 e. The van der Waals surface area contributed by atoms with Gasteiger partial charge in [-0.05, 0) is 12.3 Å². The molecule has 0 spiro atoms. The van der Waals surface area contributed by atoms with Crippen molar-refractivity contribution in [2.24, 2.45) is 5.73 Å². The van der Waals surface area contributed by atoms with E-state index in [0.717, 1.165) is 5.39 Å². The van der Waals surface area contributed by atoms with Gasteiger partial charge in [0.2, 0.25) is 0 Å². The fourth-order valence-corrected chi connectivity index (χ4v) is 1.47. The Morgan fingerprint density at radius 3 is 3.07 bits per heavy atom. The number of nitrogens with one attached hydrogen (secondary N) is 1. The molecule has 0 aromatic carbocycles. The maximum Gasteiger partial charge on any atom is 0.265 e. The summed E-state index contributed by atoms with van der Waals surface area (Å²) in [6, 6.07) is 1.64. The number of rotatable bonds is 2. The fourth-order valence-electron chi connectivity index (χ4n) is 1.13. The van der Waals surface area contributed by atoms with Gasteiger partial charge in [0.15, 0.2) is 5.16 Å². The van der Waals surface area contributed by atoms with Crippen molar-refractivity contribution >= 4 is 28.7 Å². The Labute approximate surface area is 84.1 Å². The first-order chi connectivity index (χ1) is 6.70. The maximum atomic E-state index is 10.9. The summed E-state index contributed by atoms with van der Waals surface area (Å²) in [5, 5.41) is 1.45. The number of aromatic nitrogens is 3. The van der Waals surface area contributed by atoms with E-state index < -0.39 is 5.91 Å². The van der Waals surface area contributed by atoms with Crippen molar-refractivity contribution in [3.63, 3.8) is 0 Å². The molecule has 72 valence electrons. The number of primary amides is 1. The number of carbonyl (C=O) groups is 1. The molecule has 14 heavy (non-hydrogen) atoms. The molecule has 0 unspecified atom stereocenters. The highest BCUT2D eigenvalue weighted by Crippen LogP contribution is 2.15. The predicted octanol–water partition coefficient (Wildman–Crippen LogP) is 0.779. The van der Waals surface area contributed by atoms with Gasteiger partial charge in [-0.1, -0.05) is 11.8 Å². The first-order valence-corrected chi connectivity index (χ1v) is 5.12. The van der Waals surface area contributed by atoms with E-state index in [4.69, 9.17) is 5.73 Å². The van der Waals surface area contributed by atoms with Crippen LogP contribution in [-0.4, -0.2) is 27.1 Å². The van der Waals surface area contributed by atoms with Crippen molar-refractivity contribution in [2.45, 2.75) is 5.16 Å². The molecule has 0 aliphatic heterocycles. The lowest BCUT2D eigenvalue weighted by Gasteiger charge is -1.92. The lowest BCUT2D eigenvalue weighted by Crippen LogP contribution is -2.10. The van der Waals surface area contributed by atoms with Crippen LogP contribution in [-0.2, 0) is 0 Å². The Morgan fingerprint density at radius 2 is 2.43 bits per heavy atom. The second kappa shape index (κ2) is 3.30. The molecule has 0 aliphatic rings. The van der Waals surface area contributed by atoms with Crippen LogP contribution in [0.5, 0.6) is 0 Å². The summed E-state index contributed by atoms with van der Waals surface area (Å²) in [5.41, 5.74) is 6.12. The lowest BCUT2D eigenvalue weighted by molar-refractivity contribution is 0.0996. The number of nitrogens with zero attached hydrogens (tertiary/aromatic N) is 2. The van der Waals surface area contributed by atoms with Gasteiger partial charge in [0, 0.05) is 11.6 Å². The van der Waals surface area contributed by atoms with Gasteiger partial charge in [0.25, 0.3) is 5.91 Å². The van der Waals surface area contributed by atoms with Gasteiger partial charge in [-0.25, -0.2) is 9.97 Å². The average molecular weight is 208 g/mol.